The van der Waals surface area contributed by atoms with Crippen molar-refractivity contribution in [3.8, 4) is 0 Å². The minimum absolute atomic E-state index is 0.724. The second kappa shape index (κ2) is 6.13. The van der Waals surface area contributed by atoms with Gasteiger partial charge in [0.15, 0.2) is 0 Å². The highest BCUT2D eigenvalue weighted by atomic mass is 32.1. The number of unbranched alkanes of at least 4 members (excludes halogenated alkanes) is 1. The average Bonchev–Trinajstić information content (AvgIpc) is 2.19. The molecular weight excluding hydrogens is 188 g/mol. The molecule has 0 aromatic heterocycles. The molecule has 0 heterocycles. The number of benzene rings is 1. The molecule has 0 spiro atoms. The van der Waals surface area contributed by atoms with Crippen LogP contribution in [-0.4, -0.2) is 0 Å². The van der Waals surface area contributed by atoms with Crippen LogP contribution in [0.15, 0.2) is 29.2 Å². The Bertz CT molecular complexity index is 268. The molecule has 14 heavy (non-hydrogen) atoms. The van der Waals surface area contributed by atoms with Crippen LogP contribution in [0.2, 0.25) is 0 Å². The summed E-state index contributed by atoms with van der Waals surface area (Å²) in [6.45, 7) is 4.52. The van der Waals surface area contributed by atoms with Crippen LogP contribution >= 0.6 is 12.6 Å². The van der Waals surface area contributed by atoms with Crippen LogP contribution in [0.25, 0.3) is 0 Å². The highest BCUT2D eigenvalue weighted by Crippen LogP contribution is 2.26. The number of hydrogen-bond donors (Lipinski definition) is 1. The molecule has 1 aromatic rings. The predicted octanol–water partition coefficient (Wildman–Crippen LogP) is 4.66. The third-order valence-electron chi connectivity index (χ3n) is 2.74. The Morgan fingerprint density at radius 1 is 1.29 bits per heavy atom. The van der Waals surface area contributed by atoms with Crippen LogP contribution in [0.1, 0.15) is 51.0 Å². The van der Waals surface area contributed by atoms with Gasteiger partial charge in [-0.05, 0) is 36.5 Å². The summed E-state index contributed by atoms with van der Waals surface area (Å²) in [4.78, 5) is 1.08. The van der Waals surface area contributed by atoms with Gasteiger partial charge in [0, 0.05) is 4.90 Å². The number of thiol groups is 1. The van der Waals surface area contributed by atoms with Gasteiger partial charge in [0.1, 0.15) is 0 Å². The van der Waals surface area contributed by atoms with Crippen LogP contribution in [0.5, 0.6) is 0 Å². The Labute approximate surface area is 93.1 Å². The predicted molar refractivity (Wildman–Crippen MR) is 66.3 cm³/mol. The molecule has 0 aliphatic rings. The van der Waals surface area contributed by atoms with Crippen molar-refractivity contribution >= 4 is 12.6 Å². The summed E-state index contributed by atoms with van der Waals surface area (Å²) in [6, 6.07) is 8.57. The molecule has 0 saturated carbocycles. The summed E-state index contributed by atoms with van der Waals surface area (Å²) < 4.78 is 0. The second-order valence-corrected chi connectivity index (χ2v) is 4.36. The van der Waals surface area contributed by atoms with Crippen molar-refractivity contribution in [1.82, 2.24) is 0 Å². The van der Waals surface area contributed by atoms with Crippen LogP contribution in [0.3, 0.4) is 0 Å². The van der Waals surface area contributed by atoms with Crippen LogP contribution in [-0.2, 0) is 0 Å². The zero-order valence-corrected chi connectivity index (χ0v) is 10.1. The Balaban J connectivity index is 2.68. The van der Waals surface area contributed by atoms with Crippen LogP contribution < -0.4 is 0 Å². The summed E-state index contributed by atoms with van der Waals surface area (Å²) in [5.74, 6) is 0.724. The zero-order valence-electron chi connectivity index (χ0n) is 9.16. The average molecular weight is 208 g/mol. The quantitative estimate of drug-likeness (QED) is 0.668. The Hall–Kier alpha value is -0.430. The first kappa shape index (κ1) is 11.6. The summed E-state index contributed by atoms with van der Waals surface area (Å²) in [5, 5.41) is 0. The lowest BCUT2D eigenvalue weighted by molar-refractivity contribution is 0.569. The van der Waals surface area contributed by atoms with Gasteiger partial charge in [-0.2, -0.15) is 0 Å². The van der Waals surface area contributed by atoms with E-state index in [0.717, 1.165) is 10.8 Å². The largest absolute Gasteiger partial charge is 0.143 e. The third-order valence-corrected chi connectivity index (χ3v) is 3.02. The maximum Gasteiger partial charge on any atom is 0.00428 e. The van der Waals surface area contributed by atoms with Gasteiger partial charge in [0.25, 0.3) is 0 Å². The van der Waals surface area contributed by atoms with Gasteiger partial charge >= 0.3 is 0 Å². The van der Waals surface area contributed by atoms with Crippen molar-refractivity contribution in [1.29, 1.82) is 0 Å². The van der Waals surface area contributed by atoms with E-state index < -0.39 is 0 Å². The van der Waals surface area contributed by atoms with E-state index in [1.54, 1.807) is 0 Å². The van der Waals surface area contributed by atoms with Crippen LogP contribution in [0.4, 0.5) is 0 Å². The molecule has 1 heteroatoms. The Kier molecular flexibility index (Phi) is 5.10. The molecular formula is C13H20S. The van der Waals surface area contributed by atoms with E-state index in [2.05, 4.69) is 44.7 Å². The van der Waals surface area contributed by atoms with Crippen molar-refractivity contribution in [2.24, 2.45) is 0 Å². The van der Waals surface area contributed by atoms with E-state index >= 15 is 0 Å². The maximum atomic E-state index is 4.38. The molecule has 0 amide bonds. The minimum Gasteiger partial charge on any atom is -0.143 e. The van der Waals surface area contributed by atoms with Crippen molar-refractivity contribution < 1.29 is 0 Å². The lowest BCUT2D eigenvalue weighted by Crippen LogP contribution is -1.97. The van der Waals surface area contributed by atoms with E-state index in [4.69, 9.17) is 0 Å². The summed E-state index contributed by atoms with van der Waals surface area (Å²) in [7, 11) is 0. The van der Waals surface area contributed by atoms with Gasteiger partial charge in [-0.25, -0.2) is 0 Å². The van der Waals surface area contributed by atoms with Gasteiger partial charge in [-0.1, -0.05) is 38.8 Å². The SMILES string of the molecule is CCCCC(CC)c1cccc(S)c1. The number of hydrogen-bond acceptors (Lipinski definition) is 1. The summed E-state index contributed by atoms with van der Waals surface area (Å²) in [6.07, 6.45) is 5.16. The molecule has 0 bridgehead atoms. The zero-order chi connectivity index (χ0) is 10.4. The highest BCUT2D eigenvalue weighted by molar-refractivity contribution is 7.80. The molecule has 0 aliphatic carbocycles. The first-order valence-electron chi connectivity index (χ1n) is 5.56. The smallest absolute Gasteiger partial charge is 0.00428 e. The lowest BCUT2D eigenvalue weighted by atomic mass is 9.91. The van der Waals surface area contributed by atoms with Gasteiger partial charge < -0.3 is 0 Å². The fraction of sp³-hybridized carbons (Fsp3) is 0.538. The summed E-state index contributed by atoms with van der Waals surface area (Å²) >= 11 is 4.38. The molecule has 0 N–H and O–H groups in total. The standard InChI is InChI=1S/C13H20S/c1-3-5-7-11(4-2)12-8-6-9-13(14)10-12/h6,8-11,14H,3-5,7H2,1-2H3. The maximum absolute atomic E-state index is 4.38. The highest BCUT2D eigenvalue weighted by Gasteiger charge is 2.08. The molecule has 0 fully saturated rings. The van der Waals surface area contributed by atoms with Crippen molar-refractivity contribution in [2.75, 3.05) is 0 Å². The van der Waals surface area contributed by atoms with E-state index in [9.17, 15) is 0 Å². The lowest BCUT2D eigenvalue weighted by Gasteiger charge is -2.15. The van der Waals surface area contributed by atoms with E-state index in [0.29, 0.717) is 0 Å². The van der Waals surface area contributed by atoms with Gasteiger partial charge in [-0.15, -0.1) is 12.6 Å². The van der Waals surface area contributed by atoms with Gasteiger partial charge in [0.05, 0.1) is 0 Å². The molecule has 1 rings (SSSR count). The van der Waals surface area contributed by atoms with Gasteiger partial charge in [-0.3, -0.25) is 0 Å². The Morgan fingerprint density at radius 2 is 2.07 bits per heavy atom. The van der Waals surface area contributed by atoms with E-state index in [1.807, 2.05) is 6.07 Å². The van der Waals surface area contributed by atoms with E-state index in [1.165, 1.54) is 31.2 Å². The summed E-state index contributed by atoms with van der Waals surface area (Å²) in [5.41, 5.74) is 1.45. The molecule has 1 unspecified atom stereocenters. The van der Waals surface area contributed by atoms with Crippen molar-refractivity contribution in [3.05, 3.63) is 29.8 Å². The molecule has 0 radical (unpaired) electrons. The first-order valence-corrected chi connectivity index (χ1v) is 6.01. The molecule has 1 atom stereocenters. The second-order valence-electron chi connectivity index (χ2n) is 3.84. The molecule has 0 saturated heterocycles. The normalized spacial score (nSPS) is 12.8. The third kappa shape index (κ3) is 3.38. The fourth-order valence-corrected chi connectivity index (χ4v) is 2.07. The first-order chi connectivity index (χ1) is 6.77. The fourth-order valence-electron chi connectivity index (χ4n) is 1.84. The molecule has 1 aromatic carbocycles. The van der Waals surface area contributed by atoms with Crippen LogP contribution in [0, 0.1) is 0 Å². The monoisotopic (exact) mass is 208 g/mol. The molecule has 0 aliphatic heterocycles. The Morgan fingerprint density at radius 3 is 2.64 bits per heavy atom. The van der Waals surface area contributed by atoms with Crippen molar-refractivity contribution in [3.63, 3.8) is 0 Å². The molecule has 0 nitrogen and oxygen atoms in total. The van der Waals surface area contributed by atoms with E-state index in [-0.39, 0.29) is 0 Å². The minimum atomic E-state index is 0.724. The topological polar surface area (TPSA) is 0 Å². The van der Waals surface area contributed by atoms with Gasteiger partial charge in [0.2, 0.25) is 0 Å². The number of rotatable bonds is 5. The molecule has 78 valence electrons. The van der Waals surface area contributed by atoms with Crippen molar-refractivity contribution in [2.45, 2.75) is 50.3 Å².